The molecule has 2 aromatic carbocycles. The quantitative estimate of drug-likeness (QED) is 0.240. The SMILES string of the molecule is CCc1ccc2c(CSc3nc4ccccc4c(=O)n3[C@@H](C)CC)cc(=O)oc2c1. The summed E-state index contributed by atoms with van der Waals surface area (Å²) in [7, 11) is 0. The van der Waals surface area contributed by atoms with Gasteiger partial charge in [0, 0.05) is 23.2 Å². The molecule has 0 amide bonds. The van der Waals surface area contributed by atoms with Crippen LogP contribution >= 0.6 is 11.8 Å². The number of aryl methyl sites for hydroxylation is 1. The first-order valence-corrected chi connectivity index (χ1v) is 11.2. The topological polar surface area (TPSA) is 65.1 Å². The summed E-state index contributed by atoms with van der Waals surface area (Å²) >= 11 is 1.48. The molecular formula is C24H24N2O3S. The van der Waals surface area contributed by atoms with E-state index in [4.69, 9.17) is 9.40 Å². The van der Waals surface area contributed by atoms with E-state index in [0.29, 0.717) is 27.4 Å². The first-order valence-electron chi connectivity index (χ1n) is 10.2. The number of hydrogen-bond acceptors (Lipinski definition) is 5. The maximum atomic E-state index is 13.1. The molecule has 5 nitrogen and oxygen atoms in total. The van der Waals surface area contributed by atoms with Crippen LogP contribution in [-0.2, 0) is 12.2 Å². The lowest BCUT2D eigenvalue weighted by atomic mass is 10.1. The van der Waals surface area contributed by atoms with Crippen molar-refractivity contribution in [3.8, 4) is 0 Å². The van der Waals surface area contributed by atoms with Crippen LogP contribution in [0.1, 0.15) is 44.4 Å². The molecule has 154 valence electrons. The van der Waals surface area contributed by atoms with E-state index in [1.54, 1.807) is 4.57 Å². The number of fused-ring (bicyclic) bond motifs is 2. The Morgan fingerprint density at radius 2 is 1.87 bits per heavy atom. The first kappa shape index (κ1) is 20.4. The van der Waals surface area contributed by atoms with Crippen molar-refractivity contribution >= 4 is 33.6 Å². The zero-order valence-corrected chi connectivity index (χ0v) is 18.2. The Kier molecular flexibility index (Phi) is 5.77. The minimum atomic E-state index is -0.364. The van der Waals surface area contributed by atoms with Crippen LogP contribution in [0.15, 0.2) is 67.7 Å². The van der Waals surface area contributed by atoms with Gasteiger partial charge in [-0.05, 0) is 49.1 Å². The van der Waals surface area contributed by atoms with Gasteiger partial charge in [-0.25, -0.2) is 9.78 Å². The minimum Gasteiger partial charge on any atom is -0.423 e. The second kappa shape index (κ2) is 8.48. The molecule has 30 heavy (non-hydrogen) atoms. The molecule has 0 N–H and O–H groups in total. The molecule has 0 radical (unpaired) electrons. The van der Waals surface area contributed by atoms with Crippen LogP contribution in [0.4, 0.5) is 0 Å². The van der Waals surface area contributed by atoms with Crippen molar-refractivity contribution in [2.75, 3.05) is 0 Å². The van der Waals surface area contributed by atoms with E-state index in [1.807, 2.05) is 43.3 Å². The molecular weight excluding hydrogens is 396 g/mol. The average Bonchev–Trinajstić information content (AvgIpc) is 2.76. The summed E-state index contributed by atoms with van der Waals surface area (Å²) in [4.78, 5) is 30.0. The van der Waals surface area contributed by atoms with Crippen LogP contribution in [0.25, 0.3) is 21.9 Å². The maximum absolute atomic E-state index is 13.1. The fraction of sp³-hybridized carbons (Fsp3) is 0.292. The summed E-state index contributed by atoms with van der Waals surface area (Å²) < 4.78 is 7.19. The molecule has 0 saturated carbocycles. The molecule has 2 aromatic heterocycles. The zero-order valence-electron chi connectivity index (χ0n) is 17.3. The molecule has 0 bridgehead atoms. The van der Waals surface area contributed by atoms with Crippen LogP contribution in [0.2, 0.25) is 0 Å². The van der Waals surface area contributed by atoms with E-state index in [0.717, 1.165) is 29.4 Å². The minimum absolute atomic E-state index is 0.0255. The van der Waals surface area contributed by atoms with Crippen molar-refractivity contribution in [1.29, 1.82) is 0 Å². The summed E-state index contributed by atoms with van der Waals surface area (Å²) in [6.45, 7) is 6.15. The third kappa shape index (κ3) is 3.79. The predicted octanol–water partition coefficient (Wildman–Crippen LogP) is 5.33. The third-order valence-corrected chi connectivity index (χ3v) is 6.47. The fourth-order valence-electron chi connectivity index (χ4n) is 3.55. The standard InChI is InChI=1S/C24H24N2O3S/c1-4-15(3)26-23(28)19-8-6-7-9-20(19)25-24(26)30-14-17-13-22(27)29-21-12-16(5-2)10-11-18(17)21/h6-13,15H,4-5,14H2,1-3H3/t15-/m0/s1. The molecule has 0 fully saturated rings. The molecule has 6 heteroatoms. The number of nitrogens with zero attached hydrogens (tertiary/aromatic N) is 2. The number of benzene rings is 2. The van der Waals surface area contributed by atoms with Gasteiger partial charge in [0.05, 0.1) is 10.9 Å². The van der Waals surface area contributed by atoms with Crippen molar-refractivity contribution in [3.05, 3.63) is 80.4 Å². The van der Waals surface area contributed by atoms with Gasteiger partial charge in [0.1, 0.15) is 5.58 Å². The highest BCUT2D eigenvalue weighted by Crippen LogP contribution is 2.28. The Hall–Kier alpha value is -2.86. The normalized spacial score (nSPS) is 12.5. The molecule has 0 saturated heterocycles. The third-order valence-electron chi connectivity index (χ3n) is 5.47. The van der Waals surface area contributed by atoms with Gasteiger partial charge < -0.3 is 4.42 Å². The highest BCUT2D eigenvalue weighted by atomic mass is 32.2. The van der Waals surface area contributed by atoms with Crippen molar-refractivity contribution < 1.29 is 4.42 Å². The summed E-state index contributed by atoms with van der Waals surface area (Å²) in [5, 5.41) is 2.21. The molecule has 0 aliphatic rings. The molecule has 4 rings (SSSR count). The van der Waals surface area contributed by atoms with Crippen molar-refractivity contribution in [2.45, 2.75) is 50.6 Å². The van der Waals surface area contributed by atoms with Gasteiger partial charge >= 0.3 is 5.63 Å². The lowest BCUT2D eigenvalue weighted by Gasteiger charge is -2.18. The summed E-state index contributed by atoms with van der Waals surface area (Å²) in [5.41, 5.74) is 2.90. The Balaban J connectivity index is 1.79. The van der Waals surface area contributed by atoms with Crippen LogP contribution in [0, 0.1) is 0 Å². The lowest BCUT2D eigenvalue weighted by molar-refractivity contribution is 0.468. The van der Waals surface area contributed by atoms with Gasteiger partial charge in [0.2, 0.25) is 0 Å². The van der Waals surface area contributed by atoms with E-state index in [9.17, 15) is 9.59 Å². The average molecular weight is 421 g/mol. The van der Waals surface area contributed by atoms with Gasteiger partial charge in [0.25, 0.3) is 5.56 Å². The van der Waals surface area contributed by atoms with Crippen LogP contribution in [0.3, 0.4) is 0 Å². The number of rotatable bonds is 6. The molecule has 0 unspecified atom stereocenters. The Morgan fingerprint density at radius 1 is 1.07 bits per heavy atom. The van der Waals surface area contributed by atoms with Gasteiger partial charge in [-0.3, -0.25) is 9.36 Å². The molecule has 0 spiro atoms. The monoisotopic (exact) mass is 420 g/mol. The molecule has 1 atom stereocenters. The highest BCUT2D eigenvalue weighted by Gasteiger charge is 2.16. The van der Waals surface area contributed by atoms with Crippen molar-refractivity contribution in [1.82, 2.24) is 9.55 Å². The Bertz CT molecular complexity index is 1340. The zero-order chi connectivity index (χ0) is 21.3. The highest BCUT2D eigenvalue weighted by molar-refractivity contribution is 7.98. The van der Waals surface area contributed by atoms with Crippen LogP contribution < -0.4 is 11.2 Å². The van der Waals surface area contributed by atoms with Crippen LogP contribution in [-0.4, -0.2) is 9.55 Å². The van der Waals surface area contributed by atoms with Crippen molar-refractivity contribution in [2.24, 2.45) is 0 Å². The lowest BCUT2D eigenvalue weighted by Crippen LogP contribution is -2.26. The first-order chi connectivity index (χ1) is 14.5. The number of hydrogen-bond donors (Lipinski definition) is 0. The summed E-state index contributed by atoms with van der Waals surface area (Å²) in [5.74, 6) is 0.523. The van der Waals surface area contributed by atoms with Crippen LogP contribution in [0.5, 0.6) is 0 Å². The Morgan fingerprint density at radius 3 is 2.63 bits per heavy atom. The van der Waals surface area contributed by atoms with Gasteiger partial charge in [-0.15, -0.1) is 0 Å². The van der Waals surface area contributed by atoms with Gasteiger partial charge in [-0.1, -0.05) is 49.9 Å². The van der Waals surface area contributed by atoms with Gasteiger partial charge in [0.15, 0.2) is 5.16 Å². The molecule has 0 aliphatic heterocycles. The molecule has 2 heterocycles. The molecule has 0 aliphatic carbocycles. The summed E-state index contributed by atoms with van der Waals surface area (Å²) in [6, 6.07) is 15.0. The Labute approximate surface area is 178 Å². The second-order valence-electron chi connectivity index (χ2n) is 7.41. The fourth-order valence-corrected chi connectivity index (χ4v) is 4.64. The van der Waals surface area contributed by atoms with E-state index >= 15 is 0 Å². The largest absolute Gasteiger partial charge is 0.423 e. The molecule has 4 aromatic rings. The smallest absolute Gasteiger partial charge is 0.336 e. The van der Waals surface area contributed by atoms with E-state index < -0.39 is 0 Å². The second-order valence-corrected chi connectivity index (χ2v) is 8.35. The number of para-hydroxylation sites is 1. The number of aromatic nitrogens is 2. The van der Waals surface area contributed by atoms with E-state index in [1.165, 1.54) is 17.8 Å². The van der Waals surface area contributed by atoms with Crippen molar-refractivity contribution in [3.63, 3.8) is 0 Å². The maximum Gasteiger partial charge on any atom is 0.336 e. The summed E-state index contributed by atoms with van der Waals surface area (Å²) in [6.07, 6.45) is 1.70. The predicted molar refractivity (Wildman–Crippen MR) is 122 cm³/mol. The number of thioether (sulfide) groups is 1. The van der Waals surface area contributed by atoms with Gasteiger partial charge in [-0.2, -0.15) is 0 Å². The van der Waals surface area contributed by atoms with E-state index in [2.05, 4.69) is 19.9 Å². The van der Waals surface area contributed by atoms with E-state index in [-0.39, 0.29) is 17.2 Å².